The van der Waals surface area contributed by atoms with Crippen LogP contribution in [0.2, 0.25) is 0 Å². The van der Waals surface area contributed by atoms with Gasteiger partial charge in [-0.1, -0.05) is 190 Å². The first-order chi connectivity index (χ1) is 36.4. The first-order valence-electron chi connectivity index (χ1n) is 27.2. The van der Waals surface area contributed by atoms with Crippen molar-refractivity contribution in [3.63, 3.8) is 0 Å². The van der Waals surface area contributed by atoms with Crippen LogP contribution in [0.4, 0.5) is 0 Å². The Morgan fingerprint density at radius 2 is 0.818 bits per heavy atom. The molecule has 0 amide bonds. The minimum Gasteiger partial charge on any atom is -0.511 e. The maximum atomic E-state index is 5.37. The molecular formula is C73H66N3Pt-3. The second kappa shape index (κ2) is 17.7. The van der Waals surface area contributed by atoms with Gasteiger partial charge in [-0.25, -0.2) is 0 Å². The molecule has 0 radical (unpaired) electrons. The maximum Gasteiger partial charge on any atom is 0.0686 e. The molecule has 3 unspecified atom stereocenters. The quantitative estimate of drug-likeness (QED) is 0.155. The fourth-order valence-electron chi connectivity index (χ4n) is 13.6. The van der Waals surface area contributed by atoms with Crippen LogP contribution < -0.4 is 0 Å². The van der Waals surface area contributed by atoms with Gasteiger partial charge in [-0.2, -0.15) is 55.2 Å². The number of fused-ring (bicyclic) bond motifs is 9. The fraction of sp³-hybridized carbons (Fsp3) is 0.233. The van der Waals surface area contributed by atoms with E-state index in [2.05, 4.69) is 293 Å². The summed E-state index contributed by atoms with van der Waals surface area (Å²) >= 11 is 0. The SMILES string of the molecule is Cc1ccnc(C2(c3[c-]c(C4(c5[c-]c(C6(N7C=CN(C)[CH-]7)c7ccccc7-c7cc(C(C)(C)C)ccc76)ccc5)c5ccccc5-c5cc(C(C)(C)C)ccc54)ccc3)c3ccccc3-c3cc(C(C)(C)C)ccc32)c1.[Pt]. The van der Waals surface area contributed by atoms with Gasteiger partial charge in [0.25, 0.3) is 0 Å². The van der Waals surface area contributed by atoms with Gasteiger partial charge in [-0.15, -0.1) is 22.3 Å². The van der Waals surface area contributed by atoms with E-state index in [9.17, 15) is 0 Å². The van der Waals surface area contributed by atoms with Crippen LogP contribution in [0.15, 0.2) is 195 Å². The third kappa shape index (κ3) is 7.28. The number of pyridine rings is 1. The minimum atomic E-state index is -0.841. The molecule has 0 bridgehead atoms. The summed E-state index contributed by atoms with van der Waals surface area (Å²) in [6.07, 6.45) is 6.39. The second-order valence-corrected chi connectivity index (χ2v) is 25.0. The molecule has 2 heterocycles. The Bertz CT molecular complexity index is 3880. The summed E-state index contributed by atoms with van der Waals surface area (Å²) in [6.45, 7) is 25.2. The Hall–Kier alpha value is -7.06. The van der Waals surface area contributed by atoms with Crippen molar-refractivity contribution in [1.29, 1.82) is 0 Å². The van der Waals surface area contributed by atoms with Crippen molar-refractivity contribution in [2.24, 2.45) is 0 Å². The van der Waals surface area contributed by atoms with Crippen LogP contribution in [0.1, 0.15) is 146 Å². The molecule has 3 nitrogen and oxygen atoms in total. The number of aromatic nitrogens is 1. The van der Waals surface area contributed by atoms with Crippen LogP contribution in [-0.4, -0.2) is 21.8 Å². The van der Waals surface area contributed by atoms with Crippen molar-refractivity contribution < 1.29 is 21.1 Å². The molecule has 0 saturated carbocycles. The van der Waals surface area contributed by atoms with E-state index >= 15 is 0 Å². The zero-order chi connectivity index (χ0) is 52.7. The number of rotatable bonds is 6. The standard InChI is InChI=1S/C73H66N3.Pt/c1-47-36-37-74-67(40-47)72(62-28-16-13-25-56(62)59-44-49(69(5,6)7)31-34-64(59)72)53-22-18-20-51(41-53)71(61-27-15-12-24-55(61)58-43-48(68(2,3)4)30-33-63(58)71)52-21-19-23-54(42-52)73(76-39-38-75(11)46-76)65-29-17-14-26-57(65)60-45-50(70(8,9)10)32-35-66(60)73;/h12-40,43-46H,1-11H3;/q-3;. The number of hydrogen-bond acceptors (Lipinski definition) is 3. The fourth-order valence-corrected chi connectivity index (χ4v) is 13.6. The number of aryl methyl sites for hydroxylation is 1. The molecule has 0 spiro atoms. The molecular weight excluding hydrogens is 1110 g/mol. The summed E-state index contributed by atoms with van der Waals surface area (Å²) in [5.74, 6) is 0. The van der Waals surface area contributed by atoms with E-state index in [1.165, 1.54) is 89.0 Å². The molecule has 1 aliphatic heterocycles. The van der Waals surface area contributed by atoms with Gasteiger partial charge in [0.05, 0.1) is 16.6 Å². The molecule has 0 saturated heterocycles. The molecule has 9 aromatic rings. The summed E-state index contributed by atoms with van der Waals surface area (Å²) < 4.78 is 0. The van der Waals surface area contributed by atoms with Crippen LogP contribution in [0.3, 0.4) is 0 Å². The number of hydrogen-bond donors (Lipinski definition) is 0. The van der Waals surface area contributed by atoms with Crippen LogP contribution in [0.5, 0.6) is 0 Å². The monoisotopic (exact) mass is 1180 g/mol. The average Bonchev–Trinajstić information content (AvgIpc) is 3.81. The molecule has 3 atom stereocenters. The summed E-state index contributed by atoms with van der Waals surface area (Å²) in [5.41, 5.74) is 22.8. The molecule has 386 valence electrons. The molecule has 0 N–H and O–H groups in total. The van der Waals surface area contributed by atoms with Crippen molar-refractivity contribution in [3.05, 3.63) is 297 Å². The third-order valence-corrected chi connectivity index (χ3v) is 17.4. The first-order valence-corrected chi connectivity index (χ1v) is 27.2. The van der Waals surface area contributed by atoms with Crippen molar-refractivity contribution >= 4 is 0 Å². The smallest absolute Gasteiger partial charge is 0.0686 e. The van der Waals surface area contributed by atoms with E-state index in [1.807, 2.05) is 6.20 Å². The van der Waals surface area contributed by atoms with E-state index in [1.54, 1.807) is 0 Å². The number of nitrogens with zero attached hydrogens (tertiary/aromatic N) is 3. The Labute approximate surface area is 472 Å². The van der Waals surface area contributed by atoms with E-state index in [0.29, 0.717) is 0 Å². The zero-order valence-corrected chi connectivity index (χ0v) is 48.5. The summed E-state index contributed by atoms with van der Waals surface area (Å²) in [6, 6.07) is 76.0. The Morgan fingerprint density at radius 3 is 1.32 bits per heavy atom. The van der Waals surface area contributed by atoms with Crippen LogP contribution >= 0.6 is 0 Å². The minimum absolute atomic E-state index is 0. The Balaban J connectivity index is 0.00000596. The zero-order valence-electron chi connectivity index (χ0n) is 46.2. The topological polar surface area (TPSA) is 19.4 Å². The van der Waals surface area contributed by atoms with Gasteiger partial charge in [0.2, 0.25) is 0 Å². The summed E-state index contributed by atoms with van der Waals surface area (Å²) in [7, 11) is 2.12. The first kappa shape index (κ1) is 50.7. The molecule has 1 aromatic heterocycles. The van der Waals surface area contributed by atoms with Crippen molar-refractivity contribution in [2.75, 3.05) is 7.05 Å². The van der Waals surface area contributed by atoms with Crippen molar-refractivity contribution in [1.82, 2.24) is 14.8 Å². The van der Waals surface area contributed by atoms with Crippen molar-refractivity contribution in [3.8, 4) is 33.4 Å². The summed E-state index contributed by atoms with van der Waals surface area (Å²) in [5, 5.41) is 0. The molecule has 4 aliphatic rings. The normalized spacial score (nSPS) is 19.8. The Kier molecular flexibility index (Phi) is 11.7. The molecule has 0 fully saturated rings. The van der Waals surface area contributed by atoms with Gasteiger partial charge in [0, 0.05) is 32.7 Å². The van der Waals surface area contributed by atoms with Crippen LogP contribution in [0.25, 0.3) is 33.4 Å². The molecule has 8 aromatic carbocycles. The van der Waals surface area contributed by atoms with Crippen LogP contribution in [0, 0.1) is 25.7 Å². The van der Waals surface area contributed by atoms with E-state index in [-0.39, 0.29) is 37.3 Å². The van der Waals surface area contributed by atoms with Gasteiger partial charge >= 0.3 is 0 Å². The summed E-state index contributed by atoms with van der Waals surface area (Å²) in [4.78, 5) is 9.95. The van der Waals surface area contributed by atoms with Gasteiger partial charge in [-0.3, -0.25) is 4.98 Å². The number of benzene rings is 8. The predicted molar refractivity (Wildman–Crippen MR) is 312 cm³/mol. The van der Waals surface area contributed by atoms with E-state index < -0.39 is 16.4 Å². The third-order valence-electron chi connectivity index (χ3n) is 17.4. The average molecular weight is 1180 g/mol. The van der Waals surface area contributed by atoms with Gasteiger partial charge in [0.1, 0.15) is 0 Å². The predicted octanol–water partition coefficient (Wildman–Crippen LogP) is 16.7. The molecule has 77 heavy (non-hydrogen) atoms. The van der Waals surface area contributed by atoms with E-state index in [4.69, 9.17) is 4.98 Å². The van der Waals surface area contributed by atoms with Gasteiger partial charge in [0.15, 0.2) is 0 Å². The largest absolute Gasteiger partial charge is 0.511 e. The van der Waals surface area contributed by atoms with E-state index in [0.717, 1.165) is 27.9 Å². The molecule has 13 rings (SSSR count). The molecule has 3 aliphatic carbocycles. The van der Waals surface area contributed by atoms with Crippen molar-refractivity contribution in [2.45, 2.75) is 102 Å². The van der Waals surface area contributed by atoms with Crippen LogP contribution in [-0.2, 0) is 53.7 Å². The van der Waals surface area contributed by atoms with Gasteiger partial charge < -0.3 is 9.80 Å². The molecule has 4 heteroatoms. The maximum absolute atomic E-state index is 5.37. The second-order valence-electron chi connectivity index (χ2n) is 25.0. The van der Waals surface area contributed by atoms with Gasteiger partial charge in [-0.05, 0) is 144 Å². The Morgan fingerprint density at radius 1 is 0.416 bits per heavy atom.